The van der Waals surface area contributed by atoms with Crippen molar-refractivity contribution in [1.29, 1.82) is 0 Å². The van der Waals surface area contributed by atoms with E-state index in [-0.39, 0.29) is 0 Å². The largest absolute Gasteiger partial charge is 0.299 e. The van der Waals surface area contributed by atoms with Crippen LogP contribution in [-0.2, 0) is 4.79 Å². The van der Waals surface area contributed by atoms with Crippen LogP contribution in [0.15, 0.2) is 0 Å². The second kappa shape index (κ2) is 1.51. The van der Waals surface area contributed by atoms with Gasteiger partial charge in [-0.2, -0.15) is 0 Å². The van der Waals surface area contributed by atoms with E-state index in [1.54, 1.807) is 0 Å². The van der Waals surface area contributed by atoms with Crippen LogP contribution in [0.25, 0.3) is 0 Å². The summed E-state index contributed by atoms with van der Waals surface area (Å²) in [6, 6.07) is 0. The van der Waals surface area contributed by atoms with Gasteiger partial charge in [0.2, 0.25) is 0 Å². The van der Waals surface area contributed by atoms with Gasteiger partial charge in [-0.1, -0.05) is 20.8 Å². The summed E-state index contributed by atoms with van der Waals surface area (Å²) >= 11 is 0. The van der Waals surface area contributed by atoms with Gasteiger partial charge in [0, 0.05) is 12.3 Å². The lowest BCUT2D eigenvalue weighted by molar-refractivity contribution is -0.123. The highest BCUT2D eigenvalue weighted by atomic mass is 16.1. The molecule has 1 heteroatoms. The molecule has 12 heavy (non-hydrogen) atoms. The number of ketones is 1. The van der Waals surface area contributed by atoms with Crippen molar-refractivity contribution < 1.29 is 4.79 Å². The Morgan fingerprint density at radius 2 is 2.00 bits per heavy atom. The second-order valence-electron chi connectivity index (χ2n) is 5.70. The summed E-state index contributed by atoms with van der Waals surface area (Å²) in [5, 5.41) is 0. The van der Waals surface area contributed by atoms with E-state index in [4.69, 9.17) is 0 Å². The van der Waals surface area contributed by atoms with Crippen LogP contribution in [0.3, 0.4) is 0 Å². The third kappa shape index (κ3) is 0.439. The van der Waals surface area contributed by atoms with Crippen LogP contribution < -0.4 is 0 Å². The molecule has 0 spiro atoms. The summed E-state index contributed by atoms with van der Waals surface area (Å²) < 4.78 is 0. The van der Waals surface area contributed by atoms with E-state index >= 15 is 0 Å². The number of hydrogen-bond donors (Lipinski definition) is 0. The zero-order chi connectivity index (χ0) is 8.72. The lowest BCUT2D eigenvalue weighted by Crippen LogP contribution is -2.45. The van der Waals surface area contributed by atoms with Crippen LogP contribution in [0, 0.1) is 28.6 Å². The molecule has 3 fully saturated rings. The molecule has 0 aromatic carbocycles. The zero-order valence-electron chi connectivity index (χ0n) is 8.05. The summed E-state index contributed by atoms with van der Waals surface area (Å²) in [6.07, 6.45) is 2.03. The van der Waals surface area contributed by atoms with E-state index in [9.17, 15) is 4.79 Å². The minimum absolute atomic E-state index is 0.457. The summed E-state index contributed by atoms with van der Waals surface area (Å²) in [7, 11) is 0. The Morgan fingerprint density at radius 3 is 2.58 bits per heavy atom. The first-order chi connectivity index (χ1) is 5.50. The van der Waals surface area contributed by atoms with E-state index < -0.39 is 0 Å². The van der Waals surface area contributed by atoms with Crippen molar-refractivity contribution in [2.75, 3.05) is 0 Å². The van der Waals surface area contributed by atoms with Crippen LogP contribution in [0.4, 0.5) is 0 Å². The minimum Gasteiger partial charge on any atom is -0.299 e. The third-order valence-electron chi connectivity index (χ3n) is 5.04. The molecule has 66 valence electrons. The molecule has 0 aromatic rings. The molecule has 0 radical (unpaired) electrons. The summed E-state index contributed by atoms with van der Waals surface area (Å²) in [5.41, 5.74) is 0.935. The van der Waals surface area contributed by atoms with E-state index in [0.29, 0.717) is 22.5 Å². The number of Topliss-reactive ketones (excluding diaryl/α,β-unsaturated/α-hetero) is 1. The minimum atomic E-state index is 0.457. The summed E-state index contributed by atoms with van der Waals surface area (Å²) in [4.78, 5) is 11.6. The molecule has 4 atom stereocenters. The lowest BCUT2D eigenvalue weighted by atomic mass is 9.54. The van der Waals surface area contributed by atoms with Crippen molar-refractivity contribution >= 4 is 5.78 Å². The van der Waals surface area contributed by atoms with Crippen molar-refractivity contribution in [2.45, 2.75) is 33.6 Å². The Kier molecular flexibility index (Phi) is 0.897. The SMILES string of the molecule is CC1(C)C2C3C(=O)CC[C@@H]1[C@]32C. The highest BCUT2D eigenvalue weighted by Crippen LogP contribution is 2.85. The van der Waals surface area contributed by atoms with Crippen LogP contribution in [-0.4, -0.2) is 5.78 Å². The molecule has 3 rings (SSSR count). The van der Waals surface area contributed by atoms with Gasteiger partial charge in [-0.25, -0.2) is 0 Å². The summed E-state index contributed by atoms with van der Waals surface area (Å²) in [5.74, 6) is 2.61. The van der Waals surface area contributed by atoms with Crippen molar-refractivity contribution in [3.63, 3.8) is 0 Å². The Labute approximate surface area is 73.5 Å². The van der Waals surface area contributed by atoms with Gasteiger partial charge in [-0.15, -0.1) is 0 Å². The molecule has 0 amide bonds. The first-order valence-electron chi connectivity index (χ1n) is 5.03. The molecule has 2 unspecified atom stereocenters. The Balaban J connectivity index is 2.05. The topological polar surface area (TPSA) is 17.1 Å². The molecule has 0 aromatic heterocycles. The molecule has 3 aliphatic carbocycles. The first kappa shape index (κ1) is 7.11. The Bertz CT molecular complexity index is 279. The molecule has 1 nitrogen and oxygen atoms in total. The standard InChI is InChI=1S/C11H16O/c1-10(2)7-5-4-6(12)8-9(10)11(7,8)3/h7-9H,4-5H2,1-3H3/t7-,8?,9?,11+/m0/s1. The predicted octanol–water partition coefficient (Wildman–Crippen LogP) is 2.26. The smallest absolute Gasteiger partial charge is 0.136 e. The van der Waals surface area contributed by atoms with Gasteiger partial charge < -0.3 is 0 Å². The van der Waals surface area contributed by atoms with E-state index in [1.807, 2.05) is 0 Å². The highest BCUT2D eigenvalue weighted by Gasteiger charge is 2.84. The molecule has 3 saturated carbocycles. The van der Waals surface area contributed by atoms with Gasteiger partial charge in [-0.3, -0.25) is 4.79 Å². The Hall–Kier alpha value is -0.330. The van der Waals surface area contributed by atoms with E-state index in [2.05, 4.69) is 20.8 Å². The second-order valence-corrected chi connectivity index (χ2v) is 5.70. The molecule has 0 bridgehead atoms. The number of carbonyl (C=O) groups is 1. The molecule has 0 heterocycles. The van der Waals surface area contributed by atoms with Crippen molar-refractivity contribution in [3.05, 3.63) is 0 Å². The van der Waals surface area contributed by atoms with Gasteiger partial charge >= 0.3 is 0 Å². The highest BCUT2D eigenvalue weighted by molar-refractivity contribution is 5.88. The van der Waals surface area contributed by atoms with Crippen molar-refractivity contribution in [3.8, 4) is 0 Å². The molecular formula is C11H16O. The van der Waals surface area contributed by atoms with Crippen LogP contribution >= 0.6 is 0 Å². The quantitative estimate of drug-likeness (QED) is 0.536. The number of hydrogen-bond acceptors (Lipinski definition) is 1. The van der Waals surface area contributed by atoms with E-state index in [0.717, 1.165) is 24.7 Å². The van der Waals surface area contributed by atoms with Gasteiger partial charge in [0.15, 0.2) is 0 Å². The monoisotopic (exact) mass is 164 g/mol. The molecular weight excluding hydrogens is 148 g/mol. The maximum absolute atomic E-state index is 11.6. The van der Waals surface area contributed by atoms with Crippen LogP contribution in [0.5, 0.6) is 0 Å². The first-order valence-corrected chi connectivity index (χ1v) is 5.03. The molecule has 3 aliphatic rings. The number of rotatable bonds is 0. The van der Waals surface area contributed by atoms with Crippen LogP contribution in [0.2, 0.25) is 0 Å². The van der Waals surface area contributed by atoms with Crippen LogP contribution in [0.1, 0.15) is 33.6 Å². The summed E-state index contributed by atoms with van der Waals surface area (Å²) in [6.45, 7) is 7.03. The molecule has 0 N–H and O–H groups in total. The Morgan fingerprint density at radius 1 is 1.33 bits per heavy atom. The van der Waals surface area contributed by atoms with Gasteiger partial charge in [-0.05, 0) is 29.1 Å². The fraction of sp³-hybridized carbons (Fsp3) is 0.909. The van der Waals surface area contributed by atoms with Crippen molar-refractivity contribution in [2.24, 2.45) is 28.6 Å². The van der Waals surface area contributed by atoms with Crippen molar-refractivity contribution in [1.82, 2.24) is 0 Å². The maximum Gasteiger partial charge on any atom is 0.136 e. The fourth-order valence-electron chi connectivity index (χ4n) is 4.78. The zero-order valence-corrected chi connectivity index (χ0v) is 8.05. The maximum atomic E-state index is 11.6. The fourth-order valence-corrected chi connectivity index (χ4v) is 4.78. The van der Waals surface area contributed by atoms with E-state index in [1.165, 1.54) is 0 Å². The predicted molar refractivity (Wildman–Crippen MR) is 46.6 cm³/mol. The lowest BCUT2D eigenvalue weighted by Gasteiger charge is -2.50. The number of fused-ring (bicyclic) bond motifs is 1. The number of carbonyl (C=O) groups excluding carboxylic acids is 1. The average Bonchev–Trinajstić information content (AvgIpc) is 2.56. The molecule has 0 aliphatic heterocycles. The van der Waals surface area contributed by atoms with Gasteiger partial charge in [0.05, 0.1) is 0 Å². The normalized spacial score (nSPS) is 58.9. The van der Waals surface area contributed by atoms with Gasteiger partial charge in [0.1, 0.15) is 5.78 Å². The average molecular weight is 164 g/mol. The van der Waals surface area contributed by atoms with Gasteiger partial charge in [0.25, 0.3) is 0 Å². The molecule has 0 saturated heterocycles. The third-order valence-corrected chi connectivity index (χ3v) is 5.04.